The van der Waals surface area contributed by atoms with Crippen molar-refractivity contribution in [2.45, 2.75) is 13.5 Å². The molecule has 0 bridgehead atoms. The maximum atomic E-state index is 8.31. The molecule has 0 aliphatic rings. The predicted molar refractivity (Wildman–Crippen MR) is 57.3 cm³/mol. The Bertz CT molecular complexity index is 527. The monoisotopic (exact) mass is 215 g/mol. The zero-order chi connectivity index (χ0) is 11.4. The molecule has 0 saturated carbocycles. The van der Waals surface area contributed by atoms with Crippen molar-refractivity contribution in [2.75, 3.05) is 0 Å². The molecule has 0 atom stereocenters. The molecule has 0 saturated heterocycles. The smallest absolute Gasteiger partial charge is 0.137 e. The van der Waals surface area contributed by atoms with Crippen molar-refractivity contribution >= 4 is 0 Å². The van der Waals surface area contributed by atoms with Crippen LogP contribution in [0.5, 0.6) is 0 Å². The van der Waals surface area contributed by atoms with Gasteiger partial charge in [-0.25, -0.2) is 0 Å². The van der Waals surface area contributed by atoms with Crippen molar-refractivity contribution in [3.63, 3.8) is 0 Å². The SMILES string of the molecule is Cc1onc(-c2ccccn2)c1CN=[N+]=[N-]. The van der Waals surface area contributed by atoms with Crippen LogP contribution < -0.4 is 0 Å². The van der Waals surface area contributed by atoms with Crippen molar-refractivity contribution in [1.82, 2.24) is 10.1 Å². The van der Waals surface area contributed by atoms with Crippen molar-refractivity contribution in [2.24, 2.45) is 5.11 Å². The molecule has 6 nitrogen and oxygen atoms in total. The van der Waals surface area contributed by atoms with Crippen molar-refractivity contribution < 1.29 is 4.52 Å². The Morgan fingerprint density at radius 2 is 2.38 bits per heavy atom. The van der Waals surface area contributed by atoms with E-state index < -0.39 is 0 Å². The molecule has 0 aliphatic heterocycles. The van der Waals surface area contributed by atoms with Gasteiger partial charge in [0.15, 0.2) is 0 Å². The number of nitrogens with zero attached hydrogens (tertiary/aromatic N) is 5. The van der Waals surface area contributed by atoms with Gasteiger partial charge in [-0.2, -0.15) is 0 Å². The molecule has 0 spiro atoms. The molecule has 2 aromatic rings. The fraction of sp³-hybridized carbons (Fsp3) is 0.200. The van der Waals surface area contributed by atoms with Gasteiger partial charge in [-0.05, 0) is 24.6 Å². The molecule has 0 aliphatic carbocycles. The van der Waals surface area contributed by atoms with Gasteiger partial charge >= 0.3 is 0 Å². The van der Waals surface area contributed by atoms with Crippen LogP contribution in [0.2, 0.25) is 0 Å². The van der Waals surface area contributed by atoms with Crippen LogP contribution in [0.1, 0.15) is 11.3 Å². The Hall–Kier alpha value is -2.33. The zero-order valence-electron chi connectivity index (χ0n) is 8.66. The lowest BCUT2D eigenvalue weighted by molar-refractivity contribution is 0.398. The minimum atomic E-state index is 0.220. The van der Waals surface area contributed by atoms with Gasteiger partial charge in [-0.1, -0.05) is 16.3 Å². The standard InChI is InChI=1S/C10H9N5O/c1-7-8(6-13-15-11)10(14-16-7)9-4-2-3-5-12-9/h2-5H,6H2,1H3. The van der Waals surface area contributed by atoms with Crippen LogP contribution >= 0.6 is 0 Å². The molecule has 0 aromatic carbocycles. The molecular weight excluding hydrogens is 206 g/mol. The summed E-state index contributed by atoms with van der Waals surface area (Å²) in [6.07, 6.45) is 1.68. The van der Waals surface area contributed by atoms with E-state index in [1.54, 1.807) is 13.1 Å². The zero-order valence-corrected chi connectivity index (χ0v) is 8.66. The molecule has 16 heavy (non-hydrogen) atoms. The highest BCUT2D eigenvalue weighted by atomic mass is 16.5. The van der Waals surface area contributed by atoms with E-state index in [4.69, 9.17) is 10.1 Å². The number of hydrogen-bond acceptors (Lipinski definition) is 4. The van der Waals surface area contributed by atoms with E-state index in [1.165, 1.54) is 0 Å². The summed E-state index contributed by atoms with van der Waals surface area (Å²) in [4.78, 5) is 6.90. The first-order valence-corrected chi connectivity index (χ1v) is 4.70. The summed E-state index contributed by atoms with van der Waals surface area (Å²) in [7, 11) is 0. The topological polar surface area (TPSA) is 87.7 Å². The molecule has 6 heteroatoms. The van der Waals surface area contributed by atoms with E-state index >= 15 is 0 Å². The molecule has 2 rings (SSSR count). The van der Waals surface area contributed by atoms with Crippen molar-refractivity contribution in [3.8, 4) is 11.4 Å². The van der Waals surface area contributed by atoms with Crippen LogP contribution in [-0.2, 0) is 6.54 Å². The number of pyridine rings is 1. The van der Waals surface area contributed by atoms with Gasteiger partial charge in [0.1, 0.15) is 11.5 Å². The number of hydrogen-bond donors (Lipinski definition) is 0. The fourth-order valence-electron chi connectivity index (χ4n) is 1.38. The molecule has 2 aromatic heterocycles. The van der Waals surface area contributed by atoms with Gasteiger partial charge in [0.2, 0.25) is 0 Å². The molecular formula is C10H9N5O. The summed E-state index contributed by atoms with van der Waals surface area (Å²) in [6.45, 7) is 2.00. The minimum Gasteiger partial charge on any atom is -0.361 e. The van der Waals surface area contributed by atoms with Gasteiger partial charge in [-0.15, -0.1) is 0 Å². The van der Waals surface area contributed by atoms with E-state index in [0.717, 1.165) is 5.56 Å². The maximum absolute atomic E-state index is 8.31. The number of azide groups is 1. The Morgan fingerprint density at radius 3 is 3.06 bits per heavy atom. The lowest BCUT2D eigenvalue weighted by atomic mass is 10.1. The van der Waals surface area contributed by atoms with Crippen molar-refractivity contribution in [3.05, 3.63) is 46.2 Å². The highest BCUT2D eigenvalue weighted by Gasteiger charge is 2.14. The largest absolute Gasteiger partial charge is 0.361 e. The number of rotatable bonds is 3. The highest BCUT2D eigenvalue weighted by Crippen LogP contribution is 2.23. The van der Waals surface area contributed by atoms with E-state index in [1.807, 2.05) is 18.2 Å². The van der Waals surface area contributed by atoms with Gasteiger partial charge in [0.05, 0.1) is 12.2 Å². The molecule has 0 fully saturated rings. The van der Waals surface area contributed by atoms with Crippen LogP contribution in [0.4, 0.5) is 0 Å². The van der Waals surface area contributed by atoms with Gasteiger partial charge in [0, 0.05) is 16.7 Å². The van der Waals surface area contributed by atoms with E-state index in [0.29, 0.717) is 17.1 Å². The first-order valence-electron chi connectivity index (χ1n) is 4.70. The van der Waals surface area contributed by atoms with Crippen LogP contribution in [0.25, 0.3) is 21.8 Å². The molecule has 0 amide bonds. The van der Waals surface area contributed by atoms with E-state index in [-0.39, 0.29) is 6.54 Å². The summed E-state index contributed by atoms with van der Waals surface area (Å²) in [6, 6.07) is 5.52. The second-order valence-corrected chi connectivity index (χ2v) is 3.17. The molecule has 0 unspecified atom stereocenters. The second-order valence-electron chi connectivity index (χ2n) is 3.17. The normalized spacial score (nSPS) is 9.81. The summed E-state index contributed by atoms with van der Waals surface area (Å²) in [5.74, 6) is 0.646. The van der Waals surface area contributed by atoms with Gasteiger partial charge < -0.3 is 4.52 Å². The summed E-state index contributed by atoms with van der Waals surface area (Å²) < 4.78 is 5.07. The predicted octanol–water partition coefficient (Wildman–Crippen LogP) is 2.86. The first-order chi connectivity index (χ1) is 7.83. The molecule has 80 valence electrons. The summed E-state index contributed by atoms with van der Waals surface area (Å²) >= 11 is 0. The van der Waals surface area contributed by atoms with Crippen LogP contribution in [0, 0.1) is 6.92 Å². The van der Waals surface area contributed by atoms with Crippen LogP contribution in [0.15, 0.2) is 34.0 Å². The Kier molecular flexibility index (Phi) is 2.84. The lowest BCUT2D eigenvalue weighted by Crippen LogP contribution is -1.88. The second kappa shape index (κ2) is 4.46. The molecule has 0 N–H and O–H groups in total. The highest BCUT2D eigenvalue weighted by molar-refractivity contribution is 5.58. The quantitative estimate of drug-likeness (QED) is 0.448. The average molecular weight is 215 g/mol. The first kappa shape index (κ1) is 10.2. The van der Waals surface area contributed by atoms with E-state index in [2.05, 4.69) is 20.2 Å². The summed E-state index contributed by atoms with van der Waals surface area (Å²) in [5.41, 5.74) is 10.4. The number of aromatic nitrogens is 2. The van der Waals surface area contributed by atoms with Crippen LogP contribution in [-0.4, -0.2) is 10.1 Å². The minimum absolute atomic E-state index is 0.220. The molecule has 0 radical (unpaired) electrons. The fourth-order valence-corrected chi connectivity index (χ4v) is 1.38. The average Bonchev–Trinajstić information content (AvgIpc) is 2.69. The Balaban J connectivity index is 2.45. The third-order valence-corrected chi connectivity index (χ3v) is 2.18. The maximum Gasteiger partial charge on any atom is 0.137 e. The summed E-state index contributed by atoms with van der Waals surface area (Å²) in [5, 5.41) is 7.43. The molecule has 2 heterocycles. The van der Waals surface area contributed by atoms with E-state index in [9.17, 15) is 0 Å². The van der Waals surface area contributed by atoms with Gasteiger partial charge in [-0.3, -0.25) is 4.98 Å². The third-order valence-electron chi connectivity index (χ3n) is 2.18. The Morgan fingerprint density at radius 1 is 1.50 bits per heavy atom. The number of aryl methyl sites for hydroxylation is 1. The van der Waals surface area contributed by atoms with Crippen molar-refractivity contribution in [1.29, 1.82) is 0 Å². The Labute approximate surface area is 91.5 Å². The van der Waals surface area contributed by atoms with Crippen LogP contribution in [0.3, 0.4) is 0 Å². The van der Waals surface area contributed by atoms with Gasteiger partial charge in [0.25, 0.3) is 0 Å². The third kappa shape index (κ3) is 1.87. The lowest BCUT2D eigenvalue weighted by Gasteiger charge is -1.97.